The normalized spacial score (nSPS) is 11.3. The van der Waals surface area contributed by atoms with E-state index < -0.39 is 0 Å². The zero-order chi connectivity index (χ0) is 25.1. The van der Waals surface area contributed by atoms with Crippen LogP contribution in [0.3, 0.4) is 0 Å². The molecule has 0 N–H and O–H groups in total. The van der Waals surface area contributed by atoms with Crippen molar-refractivity contribution in [3.8, 4) is 5.69 Å². The first-order chi connectivity index (χ1) is 17.5. The van der Waals surface area contributed by atoms with Gasteiger partial charge >= 0.3 is 0 Å². The summed E-state index contributed by atoms with van der Waals surface area (Å²) in [7, 11) is 0. The monoisotopic (exact) mass is 497 g/mol. The summed E-state index contributed by atoms with van der Waals surface area (Å²) in [5, 5.41) is 0.685. The molecule has 0 saturated heterocycles. The van der Waals surface area contributed by atoms with Gasteiger partial charge in [-0.05, 0) is 60.0 Å². The van der Waals surface area contributed by atoms with Crippen molar-refractivity contribution in [2.45, 2.75) is 26.9 Å². The van der Waals surface area contributed by atoms with Crippen LogP contribution in [0.1, 0.15) is 35.6 Å². The van der Waals surface area contributed by atoms with Crippen LogP contribution >= 0.6 is 11.6 Å². The first-order valence-electron chi connectivity index (χ1n) is 12.1. The van der Waals surface area contributed by atoms with Gasteiger partial charge in [-0.25, -0.2) is 9.97 Å². The third-order valence-electron chi connectivity index (χ3n) is 6.03. The van der Waals surface area contributed by atoms with E-state index in [1.54, 1.807) is 6.20 Å². The van der Waals surface area contributed by atoms with Crippen LogP contribution in [0.5, 0.6) is 0 Å². The molecule has 6 nitrogen and oxygen atoms in total. The predicted octanol–water partition coefficient (Wildman–Crippen LogP) is 6.22. The number of hydrogen-bond acceptors (Lipinski definition) is 3. The second-order valence-electron chi connectivity index (χ2n) is 9.28. The molecule has 3 aromatic heterocycles. The summed E-state index contributed by atoms with van der Waals surface area (Å²) < 4.78 is 4.05. The third-order valence-corrected chi connectivity index (χ3v) is 6.27. The molecular formula is C29H28ClN5O. The van der Waals surface area contributed by atoms with Gasteiger partial charge in [-0.15, -0.1) is 0 Å². The van der Waals surface area contributed by atoms with Crippen molar-refractivity contribution >= 4 is 28.7 Å². The van der Waals surface area contributed by atoms with Gasteiger partial charge in [0.25, 0.3) is 5.91 Å². The molecule has 1 amide bonds. The summed E-state index contributed by atoms with van der Waals surface area (Å²) in [6, 6.07) is 23.3. The molecule has 0 atom stereocenters. The number of hydrogen-bond donors (Lipinski definition) is 0. The highest BCUT2D eigenvalue weighted by molar-refractivity contribution is 6.30. The number of para-hydroxylation sites is 1. The fourth-order valence-corrected chi connectivity index (χ4v) is 4.70. The van der Waals surface area contributed by atoms with Crippen LogP contribution in [0.2, 0.25) is 5.02 Å². The van der Waals surface area contributed by atoms with E-state index in [1.165, 1.54) is 0 Å². The zero-order valence-corrected chi connectivity index (χ0v) is 21.1. The summed E-state index contributed by atoms with van der Waals surface area (Å²) >= 11 is 6.26. The van der Waals surface area contributed by atoms with Crippen molar-refractivity contribution in [2.75, 3.05) is 6.54 Å². The maximum absolute atomic E-state index is 14.0. The standard InChI is InChI=1S/C29H28ClN5O/c1-21(2)18-34(29(36)24-11-3-4-13-26(24)33-15-5-6-16-33)20-27-32-25-12-8-14-31-28(25)35(27)19-22-9-7-10-23(30)17-22/h3-17,21H,18-20H2,1-2H3. The van der Waals surface area contributed by atoms with Gasteiger partial charge in [0.2, 0.25) is 0 Å². The molecule has 5 aromatic rings. The minimum Gasteiger partial charge on any atom is -0.331 e. The molecule has 7 heteroatoms. The first kappa shape index (κ1) is 23.8. The number of halogens is 1. The minimum absolute atomic E-state index is 0.0256. The first-order valence-corrected chi connectivity index (χ1v) is 12.4. The highest BCUT2D eigenvalue weighted by atomic mass is 35.5. The van der Waals surface area contributed by atoms with E-state index >= 15 is 0 Å². The lowest BCUT2D eigenvalue weighted by atomic mass is 10.1. The van der Waals surface area contributed by atoms with Crippen LogP contribution in [0, 0.1) is 5.92 Å². The van der Waals surface area contributed by atoms with E-state index in [4.69, 9.17) is 16.6 Å². The Balaban J connectivity index is 1.54. The Morgan fingerprint density at radius 1 is 1.00 bits per heavy atom. The van der Waals surface area contributed by atoms with Gasteiger partial charge in [-0.1, -0.05) is 49.7 Å². The van der Waals surface area contributed by atoms with E-state index in [1.807, 2.05) is 94.7 Å². The Bertz CT molecular complexity index is 1490. The van der Waals surface area contributed by atoms with Gasteiger partial charge in [-0.2, -0.15) is 0 Å². The average Bonchev–Trinajstić information content (AvgIpc) is 3.52. The smallest absolute Gasteiger partial charge is 0.256 e. The van der Waals surface area contributed by atoms with Crippen LogP contribution in [0.15, 0.2) is 91.4 Å². The number of aromatic nitrogens is 4. The van der Waals surface area contributed by atoms with Crippen LogP contribution in [0.4, 0.5) is 0 Å². The Kier molecular flexibility index (Phi) is 6.87. The number of nitrogens with zero attached hydrogens (tertiary/aromatic N) is 5. The molecule has 3 heterocycles. The van der Waals surface area contributed by atoms with E-state index in [2.05, 4.69) is 23.4 Å². The number of carbonyl (C=O) groups excluding carboxylic acids is 1. The molecule has 182 valence electrons. The maximum Gasteiger partial charge on any atom is 0.256 e. The van der Waals surface area contributed by atoms with Gasteiger partial charge in [0.15, 0.2) is 5.65 Å². The topological polar surface area (TPSA) is 56.0 Å². The summed E-state index contributed by atoms with van der Waals surface area (Å²) in [6.07, 6.45) is 5.68. The molecule has 0 saturated carbocycles. The molecule has 0 aliphatic carbocycles. The number of benzene rings is 2. The molecule has 2 aromatic carbocycles. The number of fused-ring (bicyclic) bond motifs is 1. The maximum atomic E-state index is 14.0. The molecule has 0 bridgehead atoms. The number of carbonyl (C=O) groups is 1. The van der Waals surface area contributed by atoms with Crippen molar-refractivity contribution in [3.63, 3.8) is 0 Å². The van der Waals surface area contributed by atoms with Crippen LogP contribution in [-0.2, 0) is 13.1 Å². The summed E-state index contributed by atoms with van der Waals surface area (Å²) in [4.78, 5) is 25.4. The van der Waals surface area contributed by atoms with Crippen molar-refractivity contribution in [2.24, 2.45) is 5.92 Å². The van der Waals surface area contributed by atoms with Crippen LogP contribution < -0.4 is 0 Å². The number of amides is 1. The molecule has 0 fully saturated rings. The van der Waals surface area contributed by atoms with Gasteiger partial charge in [0, 0.05) is 30.2 Å². The molecule has 5 rings (SSSR count). The zero-order valence-electron chi connectivity index (χ0n) is 20.4. The highest BCUT2D eigenvalue weighted by Gasteiger charge is 2.23. The molecule has 0 aliphatic heterocycles. The van der Waals surface area contributed by atoms with Crippen molar-refractivity contribution in [3.05, 3.63) is 113 Å². The lowest BCUT2D eigenvalue weighted by Gasteiger charge is -2.26. The minimum atomic E-state index is -0.0256. The second kappa shape index (κ2) is 10.4. The summed E-state index contributed by atoms with van der Waals surface area (Å²) in [5.74, 6) is 1.05. The van der Waals surface area contributed by atoms with Crippen LogP contribution in [0.25, 0.3) is 16.9 Å². The summed E-state index contributed by atoms with van der Waals surface area (Å²) in [5.41, 5.74) is 4.16. The Morgan fingerprint density at radius 2 is 1.81 bits per heavy atom. The second-order valence-corrected chi connectivity index (χ2v) is 9.71. The molecule has 0 aliphatic rings. The number of rotatable bonds is 8. The van der Waals surface area contributed by atoms with E-state index in [-0.39, 0.29) is 11.8 Å². The fraction of sp³-hybridized carbons (Fsp3) is 0.207. The molecular weight excluding hydrogens is 470 g/mol. The Labute approximate surface area is 215 Å². The Morgan fingerprint density at radius 3 is 2.58 bits per heavy atom. The van der Waals surface area contributed by atoms with E-state index in [9.17, 15) is 4.79 Å². The lowest BCUT2D eigenvalue weighted by Crippen LogP contribution is -2.35. The Hall–Kier alpha value is -3.90. The summed E-state index contributed by atoms with van der Waals surface area (Å²) in [6.45, 7) is 5.77. The van der Waals surface area contributed by atoms with Gasteiger partial charge in [0.05, 0.1) is 24.3 Å². The third kappa shape index (κ3) is 5.04. The van der Waals surface area contributed by atoms with Crippen LogP contribution in [-0.4, -0.2) is 36.5 Å². The van der Waals surface area contributed by atoms with Crippen molar-refractivity contribution in [1.82, 2.24) is 24.0 Å². The number of imidazole rings is 1. The van der Waals surface area contributed by atoms with E-state index in [0.717, 1.165) is 28.2 Å². The molecule has 0 unspecified atom stereocenters. The largest absolute Gasteiger partial charge is 0.331 e. The van der Waals surface area contributed by atoms with Gasteiger partial charge in [-0.3, -0.25) is 4.79 Å². The van der Waals surface area contributed by atoms with Gasteiger partial charge < -0.3 is 14.0 Å². The molecule has 0 radical (unpaired) electrons. The fourth-order valence-electron chi connectivity index (χ4n) is 4.49. The average molecular weight is 498 g/mol. The molecule has 0 spiro atoms. The number of pyridine rings is 1. The van der Waals surface area contributed by atoms with E-state index in [0.29, 0.717) is 30.2 Å². The predicted molar refractivity (Wildman–Crippen MR) is 143 cm³/mol. The SMILES string of the molecule is CC(C)CN(Cc1nc2cccnc2n1Cc1cccc(Cl)c1)C(=O)c1ccccc1-n1cccc1. The van der Waals surface area contributed by atoms with Gasteiger partial charge in [0.1, 0.15) is 11.3 Å². The lowest BCUT2D eigenvalue weighted by molar-refractivity contribution is 0.0716. The van der Waals surface area contributed by atoms with Crippen molar-refractivity contribution < 1.29 is 4.79 Å². The molecule has 36 heavy (non-hydrogen) atoms. The highest BCUT2D eigenvalue weighted by Crippen LogP contribution is 2.22. The quantitative estimate of drug-likeness (QED) is 0.255. The van der Waals surface area contributed by atoms with Crippen molar-refractivity contribution in [1.29, 1.82) is 0 Å².